The van der Waals surface area contributed by atoms with Crippen LogP contribution in [0, 0.1) is 0 Å². The van der Waals surface area contributed by atoms with E-state index in [-0.39, 0.29) is 17.5 Å². The van der Waals surface area contributed by atoms with Gasteiger partial charge in [0.2, 0.25) is 0 Å². The molecule has 3 N–H and O–H groups in total. The van der Waals surface area contributed by atoms with Gasteiger partial charge in [0.15, 0.2) is 11.5 Å². The fourth-order valence-corrected chi connectivity index (χ4v) is 3.93. The van der Waals surface area contributed by atoms with Gasteiger partial charge in [-0.3, -0.25) is 4.57 Å². The maximum atomic E-state index is 12.4. The molecule has 1 saturated heterocycles. The molecule has 0 radical (unpaired) electrons. The van der Waals surface area contributed by atoms with Crippen molar-refractivity contribution in [3.8, 4) is 6.01 Å². The van der Waals surface area contributed by atoms with Crippen LogP contribution in [0.2, 0.25) is 0 Å². The number of aryl methyl sites for hydroxylation is 1. The third-order valence-corrected chi connectivity index (χ3v) is 5.66. The van der Waals surface area contributed by atoms with Crippen molar-refractivity contribution in [2.24, 2.45) is 0 Å². The number of nitrogens with zero attached hydrogens (tertiary/aromatic N) is 4. The molecule has 0 atom stereocenters. The van der Waals surface area contributed by atoms with Gasteiger partial charge < -0.3 is 20.4 Å². The predicted octanol–water partition coefficient (Wildman–Crippen LogP) is 3.32. The molecule has 3 rings (SSSR count). The summed E-state index contributed by atoms with van der Waals surface area (Å²) in [4.78, 5) is 26.3. The predicted molar refractivity (Wildman–Crippen MR) is 116 cm³/mol. The van der Waals surface area contributed by atoms with Gasteiger partial charge in [0.05, 0.1) is 6.61 Å². The molecular weight excluding hydrogens is 368 g/mol. The minimum absolute atomic E-state index is 0.184. The van der Waals surface area contributed by atoms with Crippen LogP contribution in [0.15, 0.2) is 4.79 Å². The quantitative estimate of drug-likeness (QED) is 0.557. The number of rotatable bonds is 11. The van der Waals surface area contributed by atoms with Crippen molar-refractivity contribution in [1.82, 2.24) is 24.4 Å². The maximum absolute atomic E-state index is 12.4. The Bertz CT molecular complexity index is 807. The summed E-state index contributed by atoms with van der Waals surface area (Å²) >= 11 is 0. The number of hydrogen-bond acceptors (Lipinski definition) is 6. The molecule has 1 fully saturated rings. The summed E-state index contributed by atoms with van der Waals surface area (Å²) in [6.07, 6.45) is 11.9. The van der Waals surface area contributed by atoms with Gasteiger partial charge in [0.25, 0.3) is 0 Å². The first-order valence-corrected chi connectivity index (χ1v) is 11.3. The van der Waals surface area contributed by atoms with E-state index in [0.717, 1.165) is 25.7 Å². The average Bonchev–Trinajstić information content (AvgIpc) is 2.86. The van der Waals surface area contributed by atoms with Crippen molar-refractivity contribution in [3.63, 3.8) is 0 Å². The van der Waals surface area contributed by atoms with Crippen LogP contribution >= 0.6 is 0 Å². The van der Waals surface area contributed by atoms with Gasteiger partial charge in [-0.2, -0.15) is 9.97 Å². The molecule has 1 aliphatic heterocycles. The zero-order chi connectivity index (χ0) is 20.5. The zero-order valence-electron chi connectivity index (χ0n) is 17.8. The van der Waals surface area contributed by atoms with Crippen LogP contribution in [-0.2, 0) is 6.54 Å². The molecule has 0 aromatic carbocycles. The minimum atomic E-state index is -0.184. The first-order chi connectivity index (χ1) is 14.2. The third kappa shape index (κ3) is 6.19. The number of nitrogen functional groups attached to an aromatic ring is 1. The molecule has 0 unspecified atom stereocenters. The highest BCUT2D eigenvalue weighted by atomic mass is 16.5. The van der Waals surface area contributed by atoms with Crippen LogP contribution in [0.25, 0.3) is 11.2 Å². The summed E-state index contributed by atoms with van der Waals surface area (Å²) < 4.78 is 7.25. The van der Waals surface area contributed by atoms with Crippen LogP contribution in [0.5, 0.6) is 6.01 Å². The number of fused-ring (bicyclic) bond motifs is 1. The van der Waals surface area contributed by atoms with Gasteiger partial charge >= 0.3 is 11.7 Å². The normalized spacial score (nSPS) is 15.6. The van der Waals surface area contributed by atoms with Gasteiger partial charge in [-0.1, -0.05) is 39.0 Å². The second kappa shape index (κ2) is 11.2. The average molecular weight is 405 g/mol. The standard InChI is InChI=1S/C21H36N6O2/c1-2-3-16-29-20-24-18(22)17-19(25-20)27(21(28)23-17)15-11-7-6-10-14-26-12-8-4-5-9-13-26/h2-16H2,1H3,(H,23,28)(H2,22,24,25). The lowest BCUT2D eigenvalue weighted by molar-refractivity contribution is 0.277. The Morgan fingerprint density at radius 2 is 1.72 bits per heavy atom. The van der Waals surface area contributed by atoms with Crippen LogP contribution < -0.4 is 16.2 Å². The second-order valence-corrected chi connectivity index (χ2v) is 8.04. The fourth-order valence-electron chi connectivity index (χ4n) is 3.93. The third-order valence-electron chi connectivity index (χ3n) is 5.66. The van der Waals surface area contributed by atoms with Gasteiger partial charge in [0.1, 0.15) is 5.52 Å². The molecule has 29 heavy (non-hydrogen) atoms. The van der Waals surface area contributed by atoms with E-state index in [2.05, 4.69) is 26.8 Å². The zero-order valence-corrected chi connectivity index (χ0v) is 17.8. The van der Waals surface area contributed by atoms with Crippen LogP contribution in [0.4, 0.5) is 5.82 Å². The summed E-state index contributed by atoms with van der Waals surface area (Å²) in [6.45, 7) is 7.00. The van der Waals surface area contributed by atoms with Crippen LogP contribution in [0.3, 0.4) is 0 Å². The SMILES string of the molecule is CCCCOc1nc(N)c2[nH]c(=O)n(CCCCCCN3CCCCCC3)c2n1. The Morgan fingerprint density at radius 3 is 2.45 bits per heavy atom. The molecule has 1 aliphatic rings. The number of unbranched alkanes of at least 4 members (excludes halogenated alkanes) is 4. The lowest BCUT2D eigenvalue weighted by atomic mass is 10.2. The van der Waals surface area contributed by atoms with Crippen molar-refractivity contribution in [3.05, 3.63) is 10.5 Å². The van der Waals surface area contributed by atoms with E-state index in [1.54, 1.807) is 4.57 Å². The molecule has 0 saturated carbocycles. The van der Waals surface area contributed by atoms with E-state index in [1.165, 1.54) is 58.2 Å². The first kappa shape index (κ1) is 21.6. The largest absolute Gasteiger partial charge is 0.463 e. The van der Waals surface area contributed by atoms with Crippen molar-refractivity contribution in [2.45, 2.75) is 77.7 Å². The molecule has 3 heterocycles. The Morgan fingerprint density at radius 1 is 1.00 bits per heavy atom. The number of aromatic amines is 1. The van der Waals surface area contributed by atoms with E-state index in [1.807, 2.05) is 0 Å². The van der Waals surface area contributed by atoms with Crippen molar-refractivity contribution < 1.29 is 4.74 Å². The number of hydrogen-bond donors (Lipinski definition) is 2. The monoisotopic (exact) mass is 404 g/mol. The van der Waals surface area contributed by atoms with Crippen molar-refractivity contribution in [1.29, 1.82) is 0 Å². The van der Waals surface area contributed by atoms with Crippen molar-refractivity contribution >= 4 is 17.0 Å². The van der Waals surface area contributed by atoms with E-state index >= 15 is 0 Å². The maximum Gasteiger partial charge on any atom is 0.327 e. The highest BCUT2D eigenvalue weighted by Gasteiger charge is 2.14. The lowest BCUT2D eigenvalue weighted by Crippen LogP contribution is -2.25. The van der Waals surface area contributed by atoms with E-state index in [9.17, 15) is 4.79 Å². The fraction of sp³-hybridized carbons (Fsp3) is 0.762. The number of likely N-dealkylation sites (tertiary alicyclic amines) is 1. The lowest BCUT2D eigenvalue weighted by Gasteiger charge is -2.19. The molecule has 0 spiro atoms. The number of H-pyrrole nitrogens is 1. The molecule has 0 aliphatic carbocycles. The van der Waals surface area contributed by atoms with E-state index in [0.29, 0.717) is 24.3 Å². The number of nitrogens with two attached hydrogens (primary N) is 1. The molecule has 8 heteroatoms. The Balaban J connectivity index is 1.50. The van der Waals surface area contributed by atoms with Crippen LogP contribution in [-0.4, -0.2) is 50.7 Å². The summed E-state index contributed by atoms with van der Waals surface area (Å²) in [5, 5.41) is 0. The minimum Gasteiger partial charge on any atom is -0.463 e. The first-order valence-electron chi connectivity index (χ1n) is 11.3. The highest BCUT2D eigenvalue weighted by molar-refractivity contribution is 5.81. The molecule has 8 nitrogen and oxygen atoms in total. The number of aromatic nitrogens is 4. The molecular formula is C21H36N6O2. The number of imidazole rings is 1. The topological polar surface area (TPSA) is 102 Å². The summed E-state index contributed by atoms with van der Waals surface area (Å²) in [5.41, 5.74) is 6.86. The Kier molecular flexibility index (Phi) is 8.34. The van der Waals surface area contributed by atoms with E-state index < -0.39 is 0 Å². The molecule has 0 bridgehead atoms. The van der Waals surface area contributed by atoms with E-state index in [4.69, 9.17) is 10.5 Å². The molecule has 0 amide bonds. The Hall–Kier alpha value is -2.09. The number of nitrogens with one attached hydrogen (secondary N) is 1. The molecule has 2 aromatic heterocycles. The number of ether oxygens (including phenoxy) is 1. The van der Waals surface area contributed by atoms with Gasteiger partial charge in [0, 0.05) is 6.54 Å². The van der Waals surface area contributed by atoms with Gasteiger partial charge in [-0.05, 0) is 51.7 Å². The molecule has 162 valence electrons. The molecule has 2 aromatic rings. The number of anilines is 1. The smallest absolute Gasteiger partial charge is 0.327 e. The van der Waals surface area contributed by atoms with Crippen LogP contribution in [0.1, 0.15) is 71.1 Å². The summed E-state index contributed by atoms with van der Waals surface area (Å²) in [5.74, 6) is 0.259. The van der Waals surface area contributed by atoms with Gasteiger partial charge in [-0.15, -0.1) is 0 Å². The summed E-state index contributed by atoms with van der Waals surface area (Å²) in [7, 11) is 0. The summed E-state index contributed by atoms with van der Waals surface area (Å²) in [6, 6.07) is 0.244. The van der Waals surface area contributed by atoms with Crippen molar-refractivity contribution in [2.75, 3.05) is 32.0 Å². The Labute approximate surface area is 172 Å². The highest BCUT2D eigenvalue weighted by Crippen LogP contribution is 2.18. The second-order valence-electron chi connectivity index (χ2n) is 8.04. The van der Waals surface area contributed by atoms with Gasteiger partial charge in [-0.25, -0.2) is 4.79 Å².